The van der Waals surface area contributed by atoms with Gasteiger partial charge in [-0.25, -0.2) is 0 Å². The Morgan fingerprint density at radius 3 is 2.48 bits per heavy atom. The molecule has 1 atom stereocenters. The monoisotopic (exact) mass is 546 g/mol. The predicted octanol–water partition coefficient (Wildman–Crippen LogP) is 3.43. The minimum atomic E-state index is -0.0213. The number of piperidine rings is 1. The maximum atomic E-state index is 12.2. The summed E-state index contributed by atoms with van der Waals surface area (Å²) in [5.41, 5.74) is 1.81. The molecule has 0 aliphatic carbocycles. The van der Waals surface area contributed by atoms with E-state index in [1.807, 2.05) is 38.2 Å². The number of amides is 1. The topological polar surface area (TPSA) is 75.2 Å². The van der Waals surface area contributed by atoms with Crippen molar-refractivity contribution in [3.05, 3.63) is 35.4 Å². The van der Waals surface area contributed by atoms with Crippen LogP contribution in [0.15, 0.2) is 29.3 Å². The van der Waals surface area contributed by atoms with Gasteiger partial charge in [-0.05, 0) is 50.3 Å². The third kappa shape index (κ3) is 9.74. The maximum Gasteiger partial charge on any atom is 0.251 e. The molecular formula is C23H39IN4O3. The predicted molar refractivity (Wildman–Crippen MR) is 136 cm³/mol. The number of rotatable bonds is 10. The van der Waals surface area contributed by atoms with Crippen molar-refractivity contribution in [1.82, 2.24) is 15.5 Å². The van der Waals surface area contributed by atoms with E-state index in [1.165, 1.54) is 0 Å². The fourth-order valence-corrected chi connectivity index (χ4v) is 3.38. The number of aliphatic imine (C=N–C) groups is 1. The molecule has 7 nitrogen and oxygen atoms in total. The Bertz CT molecular complexity index is 661. The lowest BCUT2D eigenvalue weighted by atomic mass is 10.1. The van der Waals surface area contributed by atoms with E-state index in [1.54, 1.807) is 7.11 Å². The largest absolute Gasteiger partial charge is 0.385 e. The Hall–Kier alpha value is -1.39. The number of carbonyl (C=O) groups excluding carboxylic acids is 1. The fourth-order valence-electron chi connectivity index (χ4n) is 3.38. The molecule has 1 aliphatic heterocycles. The molecule has 1 aromatic rings. The number of benzene rings is 1. The molecule has 0 radical (unpaired) electrons. The summed E-state index contributed by atoms with van der Waals surface area (Å²) >= 11 is 0. The number of hydrogen-bond donors (Lipinski definition) is 2. The number of methoxy groups -OCH3 is 1. The van der Waals surface area contributed by atoms with Crippen molar-refractivity contribution in [2.45, 2.75) is 58.2 Å². The lowest BCUT2D eigenvalue weighted by Crippen LogP contribution is -2.46. The second-order valence-electron chi connectivity index (χ2n) is 7.78. The second kappa shape index (κ2) is 15.4. The van der Waals surface area contributed by atoms with Crippen LogP contribution in [0.5, 0.6) is 0 Å². The lowest BCUT2D eigenvalue weighted by Gasteiger charge is -2.34. The van der Waals surface area contributed by atoms with E-state index in [0.29, 0.717) is 18.2 Å². The van der Waals surface area contributed by atoms with E-state index in [0.717, 1.165) is 63.5 Å². The van der Waals surface area contributed by atoms with Gasteiger partial charge in [0.2, 0.25) is 0 Å². The van der Waals surface area contributed by atoms with Gasteiger partial charge in [-0.15, -0.1) is 24.0 Å². The Morgan fingerprint density at radius 2 is 1.90 bits per heavy atom. The van der Waals surface area contributed by atoms with Crippen LogP contribution in [0.4, 0.5) is 0 Å². The average Bonchev–Trinajstić information content (AvgIpc) is 2.78. The minimum absolute atomic E-state index is 0. The smallest absolute Gasteiger partial charge is 0.251 e. The molecule has 1 heterocycles. The van der Waals surface area contributed by atoms with Crippen LogP contribution in [-0.2, 0) is 16.0 Å². The van der Waals surface area contributed by atoms with Gasteiger partial charge < -0.3 is 25.0 Å². The standard InChI is InChI=1S/C23H38N4O3.HI/c1-5-18(2)26-22(28)20-9-7-19(8-10-20)17-25-23(24-3)27-13-11-21(12-14-27)30-16-6-15-29-4;/h7-10,18,21H,5-6,11-17H2,1-4H3,(H,24,25)(H,26,28);1H. The number of nitrogens with one attached hydrogen (secondary N) is 2. The van der Waals surface area contributed by atoms with Crippen LogP contribution in [0.1, 0.15) is 55.5 Å². The molecule has 31 heavy (non-hydrogen) atoms. The zero-order chi connectivity index (χ0) is 21.8. The zero-order valence-electron chi connectivity index (χ0n) is 19.4. The molecule has 1 saturated heterocycles. The molecule has 1 fully saturated rings. The molecule has 1 aromatic carbocycles. The quantitative estimate of drug-likeness (QED) is 0.204. The third-order valence-corrected chi connectivity index (χ3v) is 5.46. The van der Waals surface area contributed by atoms with E-state index in [-0.39, 0.29) is 35.9 Å². The van der Waals surface area contributed by atoms with Gasteiger partial charge in [0.05, 0.1) is 6.10 Å². The van der Waals surface area contributed by atoms with Crippen molar-refractivity contribution in [1.29, 1.82) is 0 Å². The van der Waals surface area contributed by atoms with Crippen molar-refractivity contribution in [3.8, 4) is 0 Å². The Morgan fingerprint density at radius 1 is 1.23 bits per heavy atom. The first-order valence-corrected chi connectivity index (χ1v) is 11.0. The molecular weight excluding hydrogens is 507 g/mol. The lowest BCUT2D eigenvalue weighted by molar-refractivity contribution is 0.00989. The van der Waals surface area contributed by atoms with Crippen LogP contribution in [0.3, 0.4) is 0 Å². The van der Waals surface area contributed by atoms with Crippen LogP contribution >= 0.6 is 24.0 Å². The van der Waals surface area contributed by atoms with E-state index < -0.39 is 0 Å². The van der Waals surface area contributed by atoms with Crippen molar-refractivity contribution in [2.24, 2.45) is 4.99 Å². The molecule has 1 aliphatic rings. The van der Waals surface area contributed by atoms with E-state index in [9.17, 15) is 4.79 Å². The van der Waals surface area contributed by atoms with Gasteiger partial charge in [-0.3, -0.25) is 9.79 Å². The number of carbonyl (C=O) groups is 1. The number of guanidine groups is 1. The van der Waals surface area contributed by atoms with Gasteiger partial charge in [0, 0.05) is 58.6 Å². The Balaban J connectivity index is 0.00000480. The van der Waals surface area contributed by atoms with Gasteiger partial charge in [-0.1, -0.05) is 19.1 Å². The highest BCUT2D eigenvalue weighted by molar-refractivity contribution is 14.0. The van der Waals surface area contributed by atoms with Crippen LogP contribution in [0.25, 0.3) is 0 Å². The first-order chi connectivity index (χ1) is 14.6. The van der Waals surface area contributed by atoms with Crippen LogP contribution < -0.4 is 10.6 Å². The summed E-state index contributed by atoms with van der Waals surface area (Å²) < 4.78 is 11.0. The fraction of sp³-hybridized carbons (Fsp3) is 0.652. The molecule has 1 unspecified atom stereocenters. The van der Waals surface area contributed by atoms with E-state index in [4.69, 9.17) is 9.47 Å². The second-order valence-corrected chi connectivity index (χ2v) is 7.78. The van der Waals surface area contributed by atoms with Crippen LogP contribution in [0, 0.1) is 0 Å². The first-order valence-electron chi connectivity index (χ1n) is 11.0. The first kappa shape index (κ1) is 27.6. The summed E-state index contributed by atoms with van der Waals surface area (Å²) in [6.45, 7) is 8.12. The highest BCUT2D eigenvalue weighted by Crippen LogP contribution is 2.14. The van der Waals surface area contributed by atoms with Gasteiger partial charge in [0.1, 0.15) is 0 Å². The molecule has 0 aromatic heterocycles. The molecule has 0 bridgehead atoms. The Labute approximate surface area is 204 Å². The molecule has 0 spiro atoms. The molecule has 0 saturated carbocycles. The number of hydrogen-bond acceptors (Lipinski definition) is 4. The van der Waals surface area contributed by atoms with E-state index >= 15 is 0 Å². The SMILES string of the molecule is CCC(C)NC(=O)c1ccc(CNC(=NC)N2CCC(OCCCOC)CC2)cc1.I. The summed E-state index contributed by atoms with van der Waals surface area (Å²) in [5, 5.41) is 6.43. The summed E-state index contributed by atoms with van der Waals surface area (Å²) in [6, 6.07) is 7.92. The summed E-state index contributed by atoms with van der Waals surface area (Å²) in [6.07, 6.45) is 4.20. The number of nitrogens with zero attached hydrogens (tertiary/aromatic N) is 2. The Kier molecular flexibility index (Phi) is 13.7. The van der Waals surface area contributed by atoms with Gasteiger partial charge in [0.25, 0.3) is 5.91 Å². The van der Waals surface area contributed by atoms with Crippen LogP contribution in [0.2, 0.25) is 0 Å². The molecule has 2 rings (SSSR count). The number of ether oxygens (including phenoxy) is 2. The van der Waals surface area contributed by atoms with Gasteiger partial charge >= 0.3 is 0 Å². The zero-order valence-corrected chi connectivity index (χ0v) is 21.7. The highest BCUT2D eigenvalue weighted by Gasteiger charge is 2.21. The van der Waals surface area contributed by atoms with Gasteiger partial charge in [-0.2, -0.15) is 0 Å². The van der Waals surface area contributed by atoms with Crippen LogP contribution in [-0.4, -0.2) is 69.4 Å². The molecule has 1 amide bonds. The molecule has 2 N–H and O–H groups in total. The third-order valence-electron chi connectivity index (χ3n) is 5.46. The number of halogens is 1. The molecule has 176 valence electrons. The molecule has 8 heteroatoms. The van der Waals surface area contributed by atoms with Gasteiger partial charge in [0.15, 0.2) is 5.96 Å². The van der Waals surface area contributed by atoms with Crippen molar-refractivity contribution < 1.29 is 14.3 Å². The van der Waals surface area contributed by atoms with Crippen molar-refractivity contribution >= 4 is 35.8 Å². The van der Waals surface area contributed by atoms with Crippen molar-refractivity contribution in [3.63, 3.8) is 0 Å². The highest BCUT2D eigenvalue weighted by atomic mass is 127. The minimum Gasteiger partial charge on any atom is -0.385 e. The van der Waals surface area contributed by atoms with E-state index in [2.05, 4.69) is 27.4 Å². The average molecular weight is 546 g/mol. The summed E-state index contributed by atoms with van der Waals surface area (Å²) in [7, 11) is 3.54. The normalized spacial score (nSPS) is 15.9. The van der Waals surface area contributed by atoms with Crippen molar-refractivity contribution in [2.75, 3.05) is 40.5 Å². The maximum absolute atomic E-state index is 12.2. The number of likely N-dealkylation sites (tertiary alicyclic amines) is 1. The summed E-state index contributed by atoms with van der Waals surface area (Å²) in [4.78, 5) is 18.9. The summed E-state index contributed by atoms with van der Waals surface area (Å²) in [5.74, 6) is 0.887.